The normalized spacial score (nSPS) is 13.8. The summed E-state index contributed by atoms with van der Waals surface area (Å²) >= 11 is 0. The van der Waals surface area contributed by atoms with Crippen molar-refractivity contribution < 1.29 is 23.8 Å². The van der Waals surface area contributed by atoms with Crippen molar-refractivity contribution in [3.8, 4) is 11.5 Å². The molecule has 3 rings (SSSR count). The number of methoxy groups -OCH3 is 1. The fourth-order valence-electron chi connectivity index (χ4n) is 3.45. The Balaban J connectivity index is 1.92. The van der Waals surface area contributed by atoms with E-state index in [2.05, 4.69) is 5.32 Å². The molecule has 2 amide bonds. The summed E-state index contributed by atoms with van der Waals surface area (Å²) in [6.07, 6.45) is 0.613. The SMILES string of the molecule is CCOc1ccc(NC2=C(c3ccc(OC(C)C)cc3)C(=O)N(CCCOC)C2=O)cc1. The van der Waals surface area contributed by atoms with E-state index < -0.39 is 0 Å². The van der Waals surface area contributed by atoms with Crippen LogP contribution in [-0.4, -0.2) is 49.7 Å². The molecule has 2 aromatic carbocycles. The fourth-order valence-corrected chi connectivity index (χ4v) is 3.45. The first kappa shape index (κ1) is 23.3. The predicted octanol–water partition coefficient (Wildman–Crippen LogP) is 4.10. The van der Waals surface area contributed by atoms with Crippen LogP contribution in [0.1, 0.15) is 32.8 Å². The van der Waals surface area contributed by atoms with Crippen molar-refractivity contribution in [2.75, 3.05) is 32.2 Å². The largest absolute Gasteiger partial charge is 0.494 e. The molecule has 1 aliphatic rings. The van der Waals surface area contributed by atoms with Crippen LogP contribution >= 0.6 is 0 Å². The van der Waals surface area contributed by atoms with Gasteiger partial charge in [-0.1, -0.05) is 12.1 Å². The Kier molecular flexibility index (Phi) is 7.89. The first-order valence-electron chi connectivity index (χ1n) is 10.8. The highest BCUT2D eigenvalue weighted by atomic mass is 16.5. The van der Waals surface area contributed by atoms with E-state index in [0.29, 0.717) is 42.2 Å². The number of nitrogens with zero attached hydrogens (tertiary/aromatic N) is 1. The molecular formula is C25H30N2O5. The molecule has 0 aromatic heterocycles. The summed E-state index contributed by atoms with van der Waals surface area (Å²) in [6.45, 7) is 7.15. The molecule has 0 saturated heterocycles. The lowest BCUT2D eigenvalue weighted by Crippen LogP contribution is -2.33. The van der Waals surface area contributed by atoms with E-state index in [0.717, 1.165) is 5.75 Å². The second-order valence-electron chi connectivity index (χ2n) is 7.63. The van der Waals surface area contributed by atoms with Crippen molar-refractivity contribution in [2.24, 2.45) is 0 Å². The van der Waals surface area contributed by atoms with Crippen LogP contribution in [0.4, 0.5) is 5.69 Å². The summed E-state index contributed by atoms with van der Waals surface area (Å²) in [5.41, 5.74) is 1.95. The number of carbonyl (C=O) groups is 2. The van der Waals surface area contributed by atoms with Crippen molar-refractivity contribution >= 4 is 23.1 Å². The maximum Gasteiger partial charge on any atom is 0.278 e. The first-order valence-corrected chi connectivity index (χ1v) is 10.8. The van der Waals surface area contributed by atoms with Crippen LogP contribution in [0.15, 0.2) is 54.2 Å². The Bertz CT molecular complexity index is 965. The van der Waals surface area contributed by atoms with Gasteiger partial charge >= 0.3 is 0 Å². The molecule has 0 aliphatic carbocycles. The number of imide groups is 1. The maximum absolute atomic E-state index is 13.2. The Morgan fingerprint density at radius 1 is 0.938 bits per heavy atom. The van der Waals surface area contributed by atoms with Gasteiger partial charge in [-0.05, 0) is 69.2 Å². The quantitative estimate of drug-likeness (QED) is 0.420. The molecule has 170 valence electrons. The molecule has 0 atom stereocenters. The molecule has 1 N–H and O–H groups in total. The van der Waals surface area contributed by atoms with Crippen LogP contribution in [0, 0.1) is 0 Å². The molecule has 0 radical (unpaired) electrons. The zero-order chi connectivity index (χ0) is 23.1. The van der Waals surface area contributed by atoms with Crippen molar-refractivity contribution in [1.29, 1.82) is 0 Å². The van der Waals surface area contributed by atoms with Gasteiger partial charge in [0, 0.05) is 25.9 Å². The lowest BCUT2D eigenvalue weighted by molar-refractivity contribution is -0.137. The summed E-state index contributed by atoms with van der Waals surface area (Å²) in [7, 11) is 1.59. The van der Waals surface area contributed by atoms with Crippen LogP contribution in [0.2, 0.25) is 0 Å². The molecule has 0 unspecified atom stereocenters. The summed E-state index contributed by atoms with van der Waals surface area (Å²) in [4.78, 5) is 27.7. The average Bonchev–Trinajstić information content (AvgIpc) is 3.00. The number of ether oxygens (including phenoxy) is 3. The Hall–Kier alpha value is -3.32. The van der Waals surface area contributed by atoms with Gasteiger partial charge in [-0.2, -0.15) is 0 Å². The Morgan fingerprint density at radius 2 is 1.59 bits per heavy atom. The third-order valence-electron chi connectivity index (χ3n) is 4.85. The van der Waals surface area contributed by atoms with E-state index in [9.17, 15) is 9.59 Å². The van der Waals surface area contributed by atoms with E-state index in [1.165, 1.54) is 4.90 Å². The smallest absolute Gasteiger partial charge is 0.278 e. The second kappa shape index (κ2) is 10.8. The molecule has 0 spiro atoms. The molecule has 0 bridgehead atoms. The minimum atomic E-state index is -0.350. The molecule has 1 heterocycles. The molecule has 32 heavy (non-hydrogen) atoms. The van der Waals surface area contributed by atoms with E-state index in [4.69, 9.17) is 14.2 Å². The zero-order valence-corrected chi connectivity index (χ0v) is 19.0. The van der Waals surface area contributed by atoms with E-state index in [-0.39, 0.29) is 30.2 Å². The van der Waals surface area contributed by atoms with Gasteiger partial charge in [-0.25, -0.2) is 0 Å². The highest BCUT2D eigenvalue weighted by Crippen LogP contribution is 2.32. The number of nitrogens with one attached hydrogen (secondary N) is 1. The topological polar surface area (TPSA) is 77.1 Å². The zero-order valence-electron chi connectivity index (χ0n) is 19.0. The number of amides is 2. The van der Waals surface area contributed by atoms with Gasteiger partial charge in [0.2, 0.25) is 0 Å². The predicted molar refractivity (Wildman–Crippen MR) is 124 cm³/mol. The molecular weight excluding hydrogens is 408 g/mol. The number of hydrogen-bond donors (Lipinski definition) is 1. The maximum atomic E-state index is 13.2. The van der Waals surface area contributed by atoms with Crippen LogP contribution in [0.5, 0.6) is 11.5 Å². The highest BCUT2D eigenvalue weighted by Gasteiger charge is 2.38. The second-order valence-corrected chi connectivity index (χ2v) is 7.63. The van der Waals surface area contributed by atoms with Gasteiger partial charge in [0.05, 0.1) is 18.3 Å². The number of rotatable bonds is 11. The van der Waals surface area contributed by atoms with Crippen molar-refractivity contribution in [3.05, 3.63) is 59.8 Å². The molecule has 7 heteroatoms. The van der Waals surface area contributed by atoms with Crippen LogP contribution in [0.3, 0.4) is 0 Å². The number of anilines is 1. The lowest BCUT2D eigenvalue weighted by Gasteiger charge is -2.15. The van der Waals surface area contributed by atoms with Crippen molar-refractivity contribution in [2.45, 2.75) is 33.3 Å². The summed E-state index contributed by atoms with van der Waals surface area (Å²) in [5.74, 6) is 0.775. The summed E-state index contributed by atoms with van der Waals surface area (Å²) in [6, 6.07) is 14.5. The third kappa shape index (κ3) is 5.48. The third-order valence-corrected chi connectivity index (χ3v) is 4.85. The van der Waals surface area contributed by atoms with Gasteiger partial charge < -0.3 is 19.5 Å². The Morgan fingerprint density at radius 3 is 2.19 bits per heavy atom. The van der Waals surface area contributed by atoms with Gasteiger partial charge in [-0.3, -0.25) is 14.5 Å². The monoisotopic (exact) mass is 438 g/mol. The minimum absolute atomic E-state index is 0.0444. The fraction of sp³-hybridized carbons (Fsp3) is 0.360. The van der Waals surface area contributed by atoms with Crippen molar-refractivity contribution in [1.82, 2.24) is 4.90 Å². The van der Waals surface area contributed by atoms with Crippen LogP contribution in [-0.2, 0) is 14.3 Å². The summed E-state index contributed by atoms with van der Waals surface area (Å²) in [5, 5.41) is 3.16. The summed E-state index contributed by atoms with van der Waals surface area (Å²) < 4.78 is 16.3. The van der Waals surface area contributed by atoms with E-state index >= 15 is 0 Å². The standard InChI is InChI=1S/C25H30N2O5/c1-5-31-20-13-9-19(10-14-20)26-23-22(18-7-11-21(12-8-18)32-17(2)3)24(28)27(25(23)29)15-6-16-30-4/h7-14,17,26H,5-6,15-16H2,1-4H3. The number of hydrogen-bond acceptors (Lipinski definition) is 6. The van der Waals surface area contributed by atoms with Gasteiger partial charge in [-0.15, -0.1) is 0 Å². The Labute approximate surface area is 189 Å². The molecule has 7 nitrogen and oxygen atoms in total. The molecule has 1 aliphatic heterocycles. The van der Waals surface area contributed by atoms with Crippen molar-refractivity contribution in [3.63, 3.8) is 0 Å². The highest BCUT2D eigenvalue weighted by molar-refractivity contribution is 6.36. The van der Waals surface area contributed by atoms with Gasteiger partial charge in [0.1, 0.15) is 17.2 Å². The van der Waals surface area contributed by atoms with Gasteiger partial charge in [0.15, 0.2) is 0 Å². The first-order chi connectivity index (χ1) is 15.4. The van der Waals surface area contributed by atoms with E-state index in [1.807, 2.05) is 57.2 Å². The molecule has 0 saturated carbocycles. The lowest BCUT2D eigenvalue weighted by atomic mass is 10.0. The average molecular weight is 439 g/mol. The molecule has 2 aromatic rings. The van der Waals surface area contributed by atoms with Gasteiger partial charge in [0.25, 0.3) is 11.8 Å². The van der Waals surface area contributed by atoms with Crippen LogP contribution in [0.25, 0.3) is 5.57 Å². The molecule has 0 fully saturated rings. The number of carbonyl (C=O) groups excluding carboxylic acids is 2. The number of benzene rings is 2. The van der Waals surface area contributed by atoms with E-state index in [1.54, 1.807) is 19.2 Å². The minimum Gasteiger partial charge on any atom is -0.494 e. The van der Waals surface area contributed by atoms with Crippen LogP contribution < -0.4 is 14.8 Å².